The van der Waals surface area contributed by atoms with Crippen molar-refractivity contribution in [1.82, 2.24) is 4.72 Å². The second-order valence-electron chi connectivity index (χ2n) is 6.35. The van der Waals surface area contributed by atoms with Gasteiger partial charge in [0.15, 0.2) is 0 Å². The normalized spacial score (nSPS) is 12.8. The van der Waals surface area contributed by atoms with Crippen molar-refractivity contribution in [2.24, 2.45) is 0 Å². The van der Waals surface area contributed by atoms with E-state index in [1.807, 2.05) is 54.6 Å². The summed E-state index contributed by atoms with van der Waals surface area (Å²) in [6.45, 7) is -0.0566. The Hall–Kier alpha value is -2.41. The molecule has 3 rings (SSSR count). The largest absolute Gasteiger partial charge is 0.497 e. The van der Waals surface area contributed by atoms with Gasteiger partial charge >= 0.3 is 0 Å². The van der Waals surface area contributed by atoms with E-state index in [0.29, 0.717) is 12.0 Å². The number of sulfonamides is 1. The number of aliphatic hydroxyl groups excluding tert-OH is 1. The van der Waals surface area contributed by atoms with Crippen LogP contribution in [0.4, 0.5) is 0 Å². The van der Waals surface area contributed by atoms with E-state index in [0.717, 1.165) is 22.1 Å². The number of benzene rings is 3. The molecule has 0 radical (unpaired) electrons. The smallest absolute Gasteiger partial charge is 0.212 e. The van der Waals surface area contributed by atoms with Gasteiger partial charge in [0.05, 0.1) is 19.0 Å². The first-order chi connectivity index (χ1) is 13.0. The highest BCUT2D eigenvalue weighted by Gasteiger charge is 2.16. The van der Waals surface area contributed by atoms with Crippen molar-refractivity contribution in [2.45, 2.75) is 12.5 Å². The maximum atomic E-state index is 12.3. The van der Waals surface area contributed by atoms with Crippen molar-refractivity contribution in [3.05, 3.63) is 77.9 Å². The molecule has 0 saturated carbocycles. The van der Waals surface area contributed by atoms with E-state index < -0.39 is 16.1 Å². The van der Waals surface area contributed by atoms with Crippen LogP contribution in [-0.4, -0.2) is 32.9 Å². The average molecular weight is 385 g/mol. The maximum absolute atomic E-state index is 12.3. The molecular weight excluding hydrogens is 362 g/mol. The molecule has 0 bridgehead atoms. The molecule has 6 heteroatoms. The van der Waals surface area contributed by atoms with Crippen LogP contribution >= 0.6 is 0 Å². The number of methoxy groups -OCH3 is 1. The fourth-order valence-corrected chi connectivity index (χ4v) is 4.03. The molecule has 142 valence electrons. The second-order valence-corrected chi connectivity index (χ2v) is 8.28. The summed E-state index contributed by atoms with van der Waals surface area (Å²) >= 11 is 0. The van der Waals surface area contributed by atoms with Crippen LogP contribution in [0, 0.1) is 0 Å². The lowest BCUT2D eigenvalue weighted by molar-refractivity contribution is 0.183. The highest BCUT2D eigenvalue weighted by molar-refractivity contribution is 7.89. The molecule has 0 aliphatic rings. The Kier molecular flexibility index (Phi) is 6.11. The lowest BCUT2D eigenvalue weighted by atomic mass is 10.0. The molecule has 27 heavy (non-hydrogen) atoms. The average Bonchev–Trinajstić information content (AvgIpc) is 2.70. The molecule has 1 atom stereocenters. The summed E-state index contributed by atoms with van der Waals surface area (Å²) in [5.41, 5.74) is 1.63. The molecule has 0 fully saturated rings. The molecule has 0 aliphatic heterocycles. The lowest BCUT2D eigenvalue weighted by Gasteiger charge is -2.15. The summed E-state index contributed by atoms with van der Waals surface area (Å²) in [6.07, 6.45) is -0.518. The number of fused-ring (bicyclic) bond motifs is 1. The number of hydrogen-bond donors (Lipinski definition) is 2. The van der Waals surface area contributed by atoms with Crippen molar-refractivity contribution in [1.29, 1.82) is 0 Å². The third-order valence-corrected chi connectivity index (χ3v) is 5.85. The second kappa shape index (κ2) is 8.52. The fraction of sp³-hybridized carbons (Fsp3) is 0.238. The topological polar surface area (TPSA) is 75.6 Å². The Balaban J connectivity index is 1.60. The van der Waals surface area contributed by atoms with Gasteiger partial charge in [-0.15, -0.1) is 0 Å². The first-order valence-corrected chi connectivity index (χ1v) is 10.4. The van der Waals surface area contributed by atoms with Crippen molar-refractivity contribution < 1.29 is 18.3 Å². The van der Waals surface area contributed by atoms with E-state index in [4.69, 9.17) is 4.74 Å². The van der Waals surface area contributed by atoms with Gasteiger partial charge in [-0.2, -0.15) is 0 Å². The molecule has 3 aromatic rings. The number of rotatable bonds is 8. The zero-order valence-electron chi connectivity index (χ0n) is 15.1. The van der Waals surface area contributed by atoms with Crippen LogP contribution in [0.15, 0.2) is 66.7 Å². The van der Waals surface area contributed by atoms with Crippen LogP contribution < -0.4 is 9.46 Å². The maximum Gasteiger partial charge on any atom is 0.212 e. The first kappa shape index (κ1) is 19.4. The molecule has 0 heterocycles. The summed E-state index contributed by atoms with van der Waals surface area (Å²) in [6, 6.07) is 20.7. The molecular formula is C21H23NO4S. The molecule has 0 aromatic heterocycles. The van der Waals surface area contributed by atoms with E-state index in [9.17, 15) is 13.5 Å². The van der Waals surface area contributed by atoms with E-state index in [-0.39, 0.29) is 12.3 Å². The Bertz CT molecular complexity index is 995. The van der Waals surface area contributed by atoms with Crippen LogP contribution in [-0.2, 0) is 16.4 Å². The summed E-state index contributed by atoms with van der Waals surface area (Å²) in [5.74, 6) is 0.694. The Morgan fingerprint density at radius 3 is 2.44 bits per heavy atom. The quantitative estimate of drug-likeness (QED) is 0.625. The highest BCUT2D eigenvalue weighted by Crippen LogP contribution is 2.24. The van der Waals surface area contributed by atoms with Crippen molar-refractivity contribution in [2.75, 3.05) is 19.4 Å². The van der Waals surface area contributed by atoms with E-state index in [1.165, 1.54) is 0 Å². The van der Waals surface area contributed by atoms with Crippen molar-refractivity contribution in [3.63, 3.8) is 0 Å². The van der Waals surface area contributed by atoms with Crippen molar-refractivity contribution >= 4 is 20.8 Å². The highest BCUT2D eigenvalue weighted by atomic mass is 32.2. The minimum Gasteiger partial charge on any atom is -0.497 e. The minimum atomic E-state index is -3.49. The lowest BCUT2D eigenvalue weighted by Crippen LogP contribution is -2.31. The van der Waals surface area contributed by atoms with Gasteiger partial charge in [0.1, 0.15) is 5.75 Å². The summed E-state index contributed by atoms with van der Waals surface area (Å²) in [5, 5.41) is 12.4. The Labute approximate surface area is 159 Å². The Morgan fingerprint density at radius 2 is 1.70 bits per heavy atom. The predicted octanol–water partition coefficient (Wildman–Crippen LogP) is 3.04. The summed E-state index contributed by atoms with van der Waals surface area (Å²) < 4.78 is 32.2. The molecule has 5 nitrogen and oxygen atoms in total. The van der Waals surface area contributed by atoms with Crippen LogP contribution in [0.25, 0.3) is 10.8 Å². The number of hydrogen-bond acceptors (Lipinski definition) is 4. The number of aryl methyl sites for hydroxylation is 1. The van der Waals surface area contributed by atoms with Gasteiger partial charge in [0.25, 0.3) is 0 Å². The summed E-state index contributed by atoms with van der Waals surface area (Å²) in [7, 11) is -1.91. The molecule has 0 spiro atoms. The number of ether oxygens (including phenoxy) is 1. The van der Waals surface area contributed by atoms with Gasteiger partial charge in [-0.25, -0.2) is 13.1 Å². The third-order valence-electron chi connectivity index (χ3n) is 4.50. The molecule has 0 amide bonds. The molecule has 1 unspecified atom stereocenters. The number of nitrogens with one attached hydrogen (secondary N) is 1. The van der Waals surface area contributed by atoms with Crippen LogP contribution in [0.5, 0.6) is 5.75 Å². The van der Waals surface area contributed by atoms with Crippen LogP contribution in [0.1, 0.15) is 17.2 Å². The minimum absolute atomic E-state index is 0.0401. The van der Waals surface area contributed by atoms with Gasteiger partial charge < -0.3 is 9.84 Å². The van der Waals surface area contributed by atoms with E-state index >= 15 is 0 Å². The molecule has 0 aliphatic carbocycles. The van der Waals surface area contributed by atoms with Crippen molar-refractivity contribution in [3.8, 4) is 5.75 Å². The fourth-order valence-electron chi connectivity index (χ4n) is 2.97. The molecule has 2 N–H and O–H groups in total. The SMILES string of the molecule is COc1ccc(CCS(=O)(=O)NCC(O)c2cccc3ccccc23)cc1. The standard InChI is InChI=1S/C21H23NO4S/c1-26-18-11-9-16(10-12-18)13-14-27(24,25)22-15-21(23)20-8-4-6-17-5-2-3-7-19(17)20/h2-12,21-23H,13-15H2,1H3. The zero-order valence-corrected chi connectivity index (χ0v) is 15.9. The van der Waals surface area contributed by atoms with Gasteiger partial charge in [0, 0.05) is 6.54 Å². The van der Waals surface area contributed by atoms with E-state index in [1.54, 1.807) is 19.2 Å². The van der Waals surface area contributed by atoms with Gasteiger partial charge in [-0.1, -0.05) is 54.6 Å². The third kappa shape index (κ3) is 5.07. The first-order valence-electron chi connectivity index (χ1n) is 8.74. The zero-order chi connectivity index (χ0) is 19.3. The molecule has 3 aromatic carbocycles. The Morgan fingerprint density at radius 1 is 1.00 bits per heavy atom. The summed E-state index contributed by atoms with van der Waals surface area (Å²) in [4.78, 5) is 0. The van der Waals surface area contributed by atoms with Gasteiger partial charge in [-0.05, 0) is 40.5 Å². The van der Waals surface area contributed by atoms with Crippen LogP contribution in [0.2, 0.25) is 0 Å². The van der Waals surface area contributed by atoms with E-state index in [2.05, 4.69) is 4.72 Å². The van der Waals surface area contributed by atoms with Gasteiger partial charge in [-0.3, -0.25) is 0 Å². The number of aliphatic hydroxyl groups is 1. The monoisotopic (exact) mass is 385 g/mol. The molecule has 0 saturated heterocycles. The van der Waals surface area contributed by atoms with Crippen LogP contribution in [0.3, 0.4) is 0 Å². The van der Waals surface area contributed by atoms with Gasteiger partial charge in [0.2, 0.25) is 10.0 Å². The predicted molar refractivity (Wildman–Crippen MR) is 107 cm³/mol.